The fraction of sp³-hybridized carbons (Fsp3) is 0.111. The third-order valence-corrected chi connectivity index (χ3v) is 3.89. The molecular formula is C18H15F3N4O3. The highest BCUT2D eigenvalue weighted by molar-refractivity contribution is 5.98. The standard InChI is InChI=1S/C18H15F3N4O3/c19-18(20,21)14-6-2-5-12(13(14)8-26)15(17(27)28)16(22)10-3-1-4-11(7-10)24-9-25-23/h1-7,9,12H,22-23H2,(H,24,25)(H,27,28). The Morgan fingerprint density at radius 1 is 1.36 bits per heavy atom. The van der Waals surface area contributed by atoms with Gasteiger partial charge in [-0.05, 0) is 18.2 Å². The van der Waals surface area contributed by atoms with E-state index in [0.29, 0.717) is 11.8 Å². The van der Waals surface area contributed by atoms with Gasteiger partial charge in [-0.15, -0.1) is 0 Å². The largest absolute Gasteiger partial charge is 0.478 e. The number of alkyl halides is 3. The second-order valence-corrected chi connectivity index (χ2v) is 5.59. The average Bonchev–Trinajstić information content (AvgIpc) is 2.65. The van der Waals surface area contributed by atoms with Gasteiger partial charge in [0.15, 0.2) is 0 Å². The summed E-state index contributed by atoms with van der Waals surface area (Å²) in [7, 11) is 0. The third-order valence-electron chi connectivity index (χ3n) is 3.89. The van der Waals surface area contributed by atoms with Crippen LogP contribution >= 0.6 is 0 Å². The minimum atomic E-state index is -4.85. The molecule has 1 aromatic carbocycles. The quantitative estimate of drug-likeness (QED) is 0.152. The number of carboxylic acid groups (broad SMARTS) is 1. The minimum Gasteiger partial charge on any atom is -0.478 e. The van der Waals surface area contributed by atoms with E-state index in [4.69, 9.17) is 11.6 Å². The number of carbonyl (C=O) groups is 1. The first-order valence-corrected chi connectivity index (χ1v) is 7.73. The fourth-order valence-electron chi connectivity index (χ4n) is 2.68. The Hall–Kier alpha value is -3.78. The average molecular weight is 392 g/mol. The molecule has 0 heterocycles. The Kier molecular flexibility index (Phi) is 6.07. The van der Waals surface area contributed by atoms with Crippen molar-refractivity contribution in [3.05, 3.63) is 64.8 Å². The number of rotatable bonds is 5. The van der Waals surface area contributed by atoms with Crippen molar-refractivity contribution in [2.75, 3.05) is 5.32 Å². The molecule has 2 rings (SSSR count). The fourth-order valence-corrected chi connectivity index (χ4v) is 2.68. The first-order chi connectivity index (χ1) is 13.2. The number of anilines is 1. The number of hydrogen-bond acceptors (Lipinski definition) is 5. The summed E-state index contributed by atoms with van der Waals surface area (Å²) in [6, 6.07) is 6.08. The summed E-state index contributed by atoms with van der Waals surface area (Å²) >= 11 is 0. The van der Waals surface area contributed by atoms with Crippen molar-refractivity contribution in [3.8, 4) is 0 Å². The molecule has 1 aliphatic carbocycles. The molecule has 0 radical (unpaired) electrons. The Balaban J connectivity index is 2.59. The van der Waals surface area contributed by atoms with Crippen LogP contribution in [0.5, 0.6) is 0 Å². The van der Waals surface area contributed by atoms with Crippen LogP contribution < -0.4 is 16.9 Å². The summed E-state index contributed by atoms with van der Waals surface area (Å²) in [6.07, 6.45) is -0.813. The van der Waals surface area contributed by atoms with E-state index < -0.39 is 34.8 Å². The predicted molar refractivity (Wildman–Crippen MR) is 97.5 cm³/mol. The number of benzene rings is 1. The number of hydrazone groups is 1. The van der Waals surface area contributed by atoms with Gasteiger partial charge in [-0.3, -0.25) is 0 Å². The van der Waals surface area contributed by atoms with Crippen LogP contribution in [0.15, 0.2) is 64.3 Å². The van der Waals surface area contributed by atoms with Gasteiger partial charge in [0.25, 0.3) is 0 Å². The first-order valence-electron chi connectivity index (χ1n) is 7.73. The molecule has 0 fully saturated rings. The molecule has 0 bridgehead atoms. The zero-order chi connectivity index (χ0) is 20.9. The lowest BCUT2D eigenvalue weighted by atomic mass is 9.81. The van der Waals surface area contributed by atoms with Crippen molar-refractivity contribution in [2.24, 2.45) is 22.6 Å². The molecule has 1 atom stereocenters. The third kappa shape index (κ3) is 4.30. The Morgan fingerprint density at radius 2 is 2.07 bits per heavy atom. The lowest BCUT2D eigenvalue weighted by Crippen LogP contribution is -2.25. The predicted octanol–water partition coefficient (Wildman–Crippen LogP) is 2.19. The molecule has 0 amide bonds. The smallest absolute Gasteiger partial charge is 0.417 e. The second-order valence-electron chi connectivity index (χ2n) is 5.59. The number of aliphatic carboxylic acids is 1. The summed E-state index contributed by atoms with van der Waals surface area (Å²) in [5.41, 5.74) is 3.66. The number of hydrogen-bond donors (Lipinski definition) is 4. The lowest BCUT2D eigenvalue weighted by Gasteiger charge is -2.23. The monoisotopic (exact) mass is 392 g/mol. The molecule has 0 saturated carbocycles. The molecule has 0 aliphatic heterocycles. The van der Waals surface area contributed by atoms with Crippen LogP contribution in [0.3, 0.4) is 0 Å². The summed E-state index contributed by atoms with van der Waals surface area (Å²) < 4.78 is 39.6. The number of nitrogens with zero attached hydrogens (tertiary/aromatic N) is 1. The van der Waals surface area contributed by atoms with Crippen molar-refractivity contribution in [1.29, 1.82) is 0 Å². The lowest BCUT2D eigenvalue weighted by molar-refractivity contribution is -0.133. The van der Waals surface area contributed by atoms with E-state index in [2.05, 4.69) is 10.4 Å². The van der Waals surface area contributed by atoms with Crippen molar-refractivity contribution < 1.29 is 27.9 Å². The molecule has 28 heavy (non-hydrogen) atoms. The maximum absolute atomic E-state index is 13.2. The number of allylic oxidation sites excluding steroid dienone is 5. The van der Waals surface area contributed by atoms with Gasteiger partial charge in [-0.1, -0.05) is 24.3 Å². The van der Waals surface area contributed by atoms with Crippen molar-refractivity contribution >= 4 is 29.6 Å². The van der Waals surface area contributed by atoms with Gasteiger partial charge in [0.05, 0.1) is 22.4 Å². The molecule has 10 heteroatoms. The van der Waals surface area contributed by atoms with Gasteiger partial charge >= 0.3 is 12.1 Å². The Morgan fingerprint density at radius 3 is 2.64 bits per heavy atom. The number of carboxylic acids is 1. The molecule has 0 spiro atoms. The van der Waals surface area contributed by atoms with Crippen LogP contribution in [0.25, 0.3) is 5.70 Å². The second kappa shape index (κ2) is 8.28. The van der Waals surface area contributed by atoms with Gasteiger partial charge in [0, 0.05) is 17.2 Å². The van der Waals surface area contributed by atoms with Gasteiger partial charge in [0.1, 0.15) is 12.3 Å². The SMILES string of the molecule is NN=CNc1cccc(C(N)=C(C(=O)O)C2C=CC=C(C(F)(F)F)C2=C=O)c1. The molecule has 1 aromatic rings. The molecule has 0 saturated heterocycles. The number of halogens is 3. The van der Waals surface area contributed by atoms with E-state index in [9.17, 15) is 27.9 Å². The number of nitrogens with one attached hydrogen (secondary N) is 1. The van der Waals surface area contributed by atoms with E-state index in [1.807, 2.05) is 0 Å². The highest BCUT2D eigenvalue weighted by atomic mass is 19.4. The molecule has 7 nitrogen and oxygen atoms in total. The molecule has 6 N–H and O–H groups in total. The molecular weight excluding hydrogens is 377 g/mol. The van der Waals surface area contributed by atoms with Crippen LogP contribution in [0, 0.1) is 5.92 Å². The van der Waals surface area contributed by atoms with E-state index in [0.717, 1.165) is 12.2 Å². The molecule has 146 valence electrons. The van der Waals surface area contributed by atoms with E-state index in [1.165, 1.54) is 24.4 Å². The minimum absolute atomic E-state index is 0.217. The highest BCUT2D eigenvalue weighted by Crippen LogP contribution is 2.40. The van der Waals surface area contributed by atoms with Crippen LogP contribution in [0.2, 0.25) is 0 Å². The van der Waals surface area contributed by atoms with Crippen molar-refractivity contribution in [2.45, 2.75) is 6.18 Å². The van der Waals surface area contributed by atoms with E-state index >= 15 is 0 Å². The van der Waals surface area contributed by atoms with Crippen LogP contribution in [-0.2, 0) is 9.59 Å². The van der Waals surface area contributed by atoms with Crippen LogP contribution in [0.4, 0.5) is 18.9 Å². The first kappa shape index (κ1) is 20.5. The zero-order valence-electron chi connectivity index (χ0n) is 14.2. The molecule has 0 aromatic heterocycles. The van der Waals surface area contributed by atoms with Crippen molar-refractivity contribution in [3.63, 3.8) is 0 Å². The topological polar surface area (TPSA) is 131 Å². The zero-order valence-corrected chi connectivity index (χ0v) is 14.2. The normalized spacial score (nSPS) is 17.8. The van der Waals surface area contributed by atoms with Gasteiger partial charge in [-0.25, -0.2) is 9.59 Å². The van der Waals surface area contributed by atoms with Crippen LogP contribution in [0.1, 0.15) is 5.56 Å². The van der Waals surface area contributed by atoms with Crippen molar-refractivity contribution in [1.82, 2.24) is 0 Å². The summed E-state index contributed by atoms with van der Waals surface area (Å²) in [6.45, 7) is 0. The van der Waals surface area contributed by atoms with Gasteiger partial charge < -0.3 is 22.0 Å². The maximum Gasteiger partial charge on any atom is 0.417 e. The van der Waals surface area contributed by atoms with Crippen LogP contribution in [-0.4, -0.2) is 29.5 Å². The van der Waals surface area contributed by atoms with Gasteiger partial charge in [-0.2, -0.15) is 18.3 Å². The Bertz CT molecular complexity index is 955. The maximum atomic E-state index is 13.2. The van der Waals surface area contributed by atoms with E-state index in [1.54, 1.807) is 12.1 Å². The number of nitrogens with two attached hydrogens (primary N) is 2. The van der Waals surface area contributed by atoms with Gasteiger partial charge in [0.2, 0.25) is 0 Å². The summed E-state index contributed by atoms with van der Waals surface area (Å²) in [5.74, 6) is 3.13. The summed E-state index contributed by atoms with van der Waals surface area (Å²) in [5, 5.41) is 15.6. The van der Waals surface area contributed by atoms with E-state index in [-0.39, 0.29) is 11.3 Å². The highest BCUT2D eigenvalue weighted by Gasteiger charge is 2.42. The molecule has 1 aliphatic rings. The number of carbonyl (C=O) groups excluding carboxylic acids is 1. The summed E-state index contributed by atoms with van der Waals surface area (Å²) in [4.78, 5) is 23.1. The molecule has 1 unspecified atom stereocenters. The Labute approximate surface area is 157 Å².